The van der Waals surface area contributed by atoms with Gasteiger partial charge in [0, 0.05) is 23.6 Å². The predicted molar refractivity (Wildman–Crippen MR) is 65.1 cm³/mol. The zero-order valence-corrected chi connectivity index (χ0v) is 10.1. The van der Waals surface area contributed by atoms with Crippen molar-refractivity contribution in [1.29, 1.82) is 0 Å². The van der Waals surface area contributed by atoms with E-state index in [9.17, 15) is 0 Å². The molecule has 0 aromatic heterocycles. The van der Waals surface area contributed by atoms with E-state index < -0.39 is 0 Å². The van der Waals surface area contributed by atoms with Crippen LogP contribution in [0.5, 0.6) is 0 Å². The first kappa shape index (κ1) is 9.84. The fourth-order valence-electron chi connectivity index (χ4n) is 1.93. The molecule has 2 rings (SSSR count). The Balaban J connectivity index is 2.41. The molecule has 0 fully saturated rings. The molecule has 1 aliphatic heterocycles. The minimum atomic E-state index is 0.531. The molecule has 0 bridgehead atoms. The Morgan fingerprint density at radius 1 is 1.57 bits per heavy atom. The summed E-state index contributed by atoms with van der Waals surface area (Å²) in [6, 6.07) is 6.93. The summed E-state index contributed by atoms with van der Waals surface area (Å²) in [5.41, 5.74) is 2.55. The standard InChI is InChI=1S/C11H15BrN2/c1-3-14-7-8(2)13-10-5-4-9(12)6-11(10)14/h4-6,8,13H,3,7H2,1-2H3. The van der Waals surface area contributed by atoms with Crippen LogP contribution >= 0.6 is 15.9 Å². The SMILES string of the molecule is CCN1CC(C)Nc2ccc(Br)cc21. The topological polar surface area (TPSA) is 15.3 Å². The summed E-state index contributed by atoms with van der Waals surface area (Å²) in [5, 5.41) is 3.49. The van der Waals surface area contributed by atoms with Crippen LogP contribution in [0.15, 0.2) is 22.7 Å². The summed E-state index contributed by atoms with van der Waals surface area (Å²) in [6.45, 7) is 6.56. The molecule has 0 saturated carbocycles. The second kappa shape index (κ2) is 3.81. The van der Waals surface area contributed by atoms with Crippen molar-refractivity contribution < 1.29 is 0 Å². The second-order valence-corrected chi connectivity index (χ2v) is 4.66. The highest BCUT2D eigenvalue weighted by Gasteiger charge is 2.19. The molecule has 1 unspecified atom stereocenters. The number of likely N-dealkylation sites (N-methyl/N-ethyl adjacent to an activating group) is 1. The number of nitrogens with one attached hydrogen (secondary N) is 1. The minimum absolute atomic E-state index is 0.531. The van der Waals surface area contributed by atoms with E-state index in [4.69, 9.17) is 0 Å². The highest BCUT2D eigenvalue weighted by atomic mass is 79.9. The smallest absolute Gasteiger partial charge is 0.0614 e. The Morgan fingerprint density at radius 3 is 3.07 bits per heavy atom. The average Bonchev–Trinajstić information content (AvgIpc) is 2.17. The van der Waals surface area contributed by atoms with Gasteiger partial charge < -0.3 is 10.2 Å². The van der Waals surface area contributed by atoms with Gasteiger partial charge in [-0.3, -0.25) is 0 Å². The maximum absolute atomic E-state index is 3.51. The van der Waals surface area contributed by atoms with E-state index in [0.29, 0.717) is 6.04 Å². The van der Waals surface area contributed by atoms with Crippen molar-refractivity contribution >= 4 is 27.3 Å². The number of rotatable bonds is 1. The quantitative estimate of drug-likeness (QED) is 0.829. The van der Waals surface area contributed by atoms with Gasteiger partial charge in [0.05, 0.1) is 11.4 Å². The lowest BCUT2D eigenvalue weighted by Gasteiger charge is -2.35. The third kappa shape index (κ3) is 1.73. The van der Waals surface area contributed by atoms with Crippen LogP contribution in [-0.4, -0.2) is 19.1 Å². The van der Waals surface area contributed by atoms with E-state index in [1.165, 1.54) is 11.4 Å². The summed E-state index contributed by atoms with van der Waals surface area (Å²) in [7, 11) is 0. The molecule has 1 heterocycles. The average molecular weight is 255 g/mol. The van der Waals surface area contributed by atoms with Crippen LogP contribution in [0.25, 0.3) is 0 Å². The molecule has 0 saturated heterocycles. The van der Waals surface area contributed by atoms with Gasteiger partial charge in [-0.2, -0.15) is 0 Å². The van der Waals surface area contributed by atoms with Crippen molar-refractivity contribution in [3.8, 4) is 0 Å². The van der Waals surface area contributed by atoms with Crippen molar-refractivity contribution in [2.45, 2.75) is 19.9 Å². The first-order valence-electron chi connectivity index (χ1n) is 5.01. The van der Waals surface area contributed by atoms with Crippen LogP contribution in [0.4, 0.5) is 11.4 Å². The normalized spacial score (nSPS) is 20.2. The number of anilines is 2. The summed E-state index contributed by atoms with van der Waals surface area (Å²) >= 11 is 3.51. The predicted octanol–water partition coefficient (Wildman–Crippen LogP) is 3.09. The summed E-state index contributed by atoms with van der Waals surface area (Å²) in [4.78, 5) is 2.40. The highest BCUT2D eigenvalue weighted by molar-refractivity contribution is 9.10. The first-order chi connectivity index (χ1) is 6.70. The number of halogens is 1. The number of hydrogen-bond acceptors (Lipinski definition) is 2. The molecule has 0 spiro atoms. The Hall–Kier alpha value is -0.700. The molecule has 2 nitrogen and oxygen atoms in total. The number of nitrogens with zero attached hydrogens (tertiary/aromatic N) is 1. The number of fused-ring (bicyclic) bond motifs is 1. The molecule has 76 valence electrons. The summed E-state index contributed by atoms with van der Waals surface area (Å²) in [5.74, 6) is 0. The fourth-order valence-corrected chi connectivity index (χ4v) is 2.28. The van der Waals surface area contributed by atoms with E-state index in [2.05, 4.69) is 58.2 Å². The van der Waals surface area contributed by atoms with Gasteiger partial charge in [0.1, 0.15) is 0 Å². The first-order valence-corrected chi connectivity index (χ1v) is 5.81. The lowest BCUT2D eigenvalue weighted by Crippen LogP contribution is -2.39. The van der Waals surface area contributed by atoms with Gasteiger partial charge in [0.2, 0.25) is 0 Å². The number of benzene rings is 1. The van der Waals surface area contributed by atoms with Gasteiger partial charge >= 0.3 is 0 Å². The summed E-state index contributed by atoms with van der Waals surface area (Å²) < 4.78 is 1.14. The zero-order chi connectivity index (χ0) is 10.1. The maximum atomic E-state index is 3.51. The Kier molecular flexibility index (Phi) is 2.68. The van der Waals surface area contributed by atoms with Gasteiger partial charge in [-0.1, -0.05) is 15.9 Å². The van der Waals surface area contributed by atoms with Crippen LogP contribution < -0.4 is 10.2 Å². The van der Waals surface area contributed by atoms with Crippen LogP contribution in [0.1, 0.15) is 13.8 Å². The van der Waals surface area contributed by atoms with Gasteiger partial charge in [-0.15, -0.1) is 0 Å². The third-order valence-corrected chi connectivity index (χ3v) is 3.07. The lowest BCUT2D eigenvalue weighted by atomic mass is 10.1. The van der Waals surface area contributed by atoms with Gasteiger partial charge in [-0.05, 0) is 32.0 Å². The minimum Gasteiger partial charge on any atom is -0.379 e. The van der Waals surface area contributed by atoms with E-state index in [-0.39, 0.29) is 0 Å². The van der Waals surface area contributed by atoms with Crippen LogP contribution in [0.3, 0.4) is 0 Å². The Morgan fingerprint density at radius 2 is 2.36 bits per heavy atom. The Labute approximate surface area is 93.4 Å². The molecule has 0 radical (unpaired) electrons. The largest absolute Gasteiger partial charge is 0.379 e. The van der Waals surface area contributed by atoms with E-state index in [0.717, 1.165) is 17.6 Å². The summed E-state index contributed by atoms with van der Waals surface area (Å²) in [6.07, 6.45) is 0. The van der Waals surface area contributed by atoms with Gasteiger partial charge in [0.15, 0.2) is 0 Å². The van der Waals surface area contributed by atoms with Crippen molar-refractivity contribution in [3.05, 3.63) is 22.7 Å². The van der Waals surface area contributed by atoms with E-state index >= 15 is 0 Å². The zero-order valence-electron chi connectivity index (χ0n) is 8.55. The maximum Gasteiger partial charge on any atom is 0.0614 e. The van der Waals surface area contributed by atoms with Crippen molar-refractivity contribution in [2.75, 3.05) is 23.3 Å². The second-order valence-electron chi connectivity index (χ2n) is 3.75. The van der Waals surface area contributed by atoms with Crippen LogP contribution in [0, 0.1) is 0 Å². The van der Waals surface area contributed by atoms with E-state index in [1.54, 1.807) is 0 Å². The molecule has 1 atom stereocenters. The van der Waals surface area contributed by atoms with Gasteiger partial charge in [-0.25, -0.2) is 0 Å². The molecule has 0 amide bonds. The molecular formula is C11H15BrN2. The molecule has 1 aromatic carbocycles. The Bertz CT molecular complexity index is 338. The lowest BCUT2D eigenvalue weighted by molar-refractivity contribution is 0.703. The molecule has 14 heavy (non-hydrogen) atoms. The molecule has 0 aliphatic carbocycles. The molecule has 1 aromatic rings. The molecule has 3 heteroatoms. The number of hydrogen-bond donors (Lipinski definition) is 1. The van der Waals surface area contributed by atoms with Crippen LogP contribution in [-0.2, 0) is 0 Å². The van der Waals surface area contributed by atoms with Crippen molar-refractivity contribution in [2.24, 2.45) is 0 Å². The fraction of sp³-hybridized carbons (Fsp3) is 0.455. The van der Waals surface area contributed by atoms with Crippen molar-refractivity contribution in [1.82, 2.24) is 0 Å². The highest BCUT2D eigenvalue weighted by Crippen LogP contribution is 2.32. The van der Waals surface area contributed by atoms with Gasteiger partial charge in [0.25, 0.3) is 0 Å². The molecule has 1 aliphatic rings. The molecular weight excluding hydrogens is 240 g/mol. The molecule has 1 N–H and O–H groups in total. The monoisotopic (exact) mass is 254 g/mol. The van der Waals surface area contributed by atoms with E-state index in [1.807, 2.05) is 0 Å². The third-order valence-electron chi connectivity index (χ3n) is 2.58. The van der Waals surface area contributed by atoms with Crippen LogP contribution in [0.2, 0.25) is 0 Å². The van der Waals surface area contributed by atoms with Crippen molar-refractivity contribution in [3.63, 3.8) is 0 Å².